The number of carbonyl (C=O) groups excluding carboxylic acids is 1. The van der Waals surface area contributed by atoms with E-state index in [1.54, 1.807) is 6.07 Å². The molecule has 1 aromatic rings. The Hall–Kier alpha value is -1.17. The lowest BCUT2D eigenvalue weighted by Crippen LogP contribution is -2.56. The average Bonchev–Trinajstić information content (AvgIpc) is 2.44. The van der Waals surface area contributed by atoms with Crippen molar-refractivity contribution in [1.82, 2.24) is 9.80 Å². The van der Waals surface area contributed by atoms with Crippen molar-refractivity contribution in [1.29, 1.82) is 0 Å². The molecule has 1 unspecified atom stereocenters. The third-order valence-electron chi connectivity index (χ3n) is 3.79. The largest absolute Gasteiger partial charge is 0.336 e. The molecule has 0 saturated carbocycles. The van der Waals surface area contributed by atoms with E-state index in [1.165, 1.54) is 12.1 Å². The van der Waals surface area contributed by atoms with E-state index < -0.39 is 0 Å². The minimum Gasteiger partial charge on any atom is -0.336 e. The molecule has 0 aliphatic carbocycles. The van der Waals surface area contributed by atoms with Gasteiger partial charge in [-0.1, -0.05) is 12.1 Å². The number of hydrogen-bond acceptors (Lipinski definition) is 3. The van der Waals surface area contributed by atoms with Crippen molar-refractivity contribution in [3.8, 4) is 0 Å². The van der Waals surface area contributed by atoms with E-state index in [4.69, 9.17) is 5.73 Å². The standard InChI is InChI=1S/C15H22FN3O.ClH/c1-18-7-8-19(14(10-17)11-18)15(20)6-5-12-3-2-4-13(16)9-12;/h2-4,9,14H,5-8,10-11,17H2,1H3;1H. The van der Waals surface area contributed by atoms with Crippen LogP contribution in [0.15, 0.2) is 24.3 Å². The fraction of sp³-hybridized carbons (Fsp3) is 0.533. The molecular weight excluding hydrogens is 293 g/mol. The molecule has 21 heavy (non-hydrogen) atoms. The Bertz CT molecular complexity index is 472. The van der Waals surface area contributed by atoms with E-state index in [-0.39, 0.29) is 30.2 Å². The lowest BCUT2D eigenvalue weighted by Gasteiger charge is -2.39. The van der Waals surface area contributed by atoms with E-state index in [1.807, 2.05) is 18.0 Å². The number of carbonyl (C=O) groups is 1. The average molecular weight is 316 g/mol. The van der Waals surface area contributed by atoms with Gasteiger partial charge in [0.05, 0.1) is 6.04 Å². The Morgan fingerprint density at radius 1 is 1.43 bits per heavy atom. The monoisotopic (exact) mass is 315 g/mol. The maximum atomic E-state index is 13.1. The van der Waals surface area contributed by atoms with Crippen molar-refractivity contribution in [2.45, 2.75) is 18.9 Å². The number of amides is 1. The summed E-state index contributed by atoms with van der Waals surface area (Å²) in [5.41, 5.74) is 6.61. The third kappa shape index (κ3) is 4.95. The zero-order valence-corrected chi connectivity index (χ0v) is 13.1. The zero-order chi connectivity index (χ0) is 14.5. The molecule has 0 aromatic heterocycles. The molecule has 1 heterocycles. The summed E-state index contributed by atoms with van der Waals surface area (Å²) in [7, 11) is 2.04. The molecule has 0 bridgehead atoms. The van der Waals surface area contributed by atoms with Gasteiger partial charge in [0, 0.05) is 32.6 Å². The highest BCUT2D eigenvalue weighted by atomic mass is 35.5. The van der Waals surface area contributed by atoms with Crippen LogP contribution in [0.1, 0.15) is 12.0 Å². The summed E-state index contributed by atoms with van der Waals surface area (Å²) in [6.45, 7) is 2.90. The normalized spacial score (nSPS) is 19.2. The number of rotatable bonds is 4. The van der Waals surface area contributed by atoms with Gasteiger partial charge in [-0.15, -0.1) is 12.4 Å². The molecule has 0 spiro atoms. The Labute approximate surface area is 131 Å². The number of nitrogens with two attached hydrogens (primary N) is 1. The first-order valence-corrected chi connectivity index (χ1v) is 7.02. The Morgan fingerprint density at radius 3 is 2.86 bits per heavy atom. The highest BCUT2D eigenvalue weighted by Crippen LogP contribution is 2.12. The first-order chi connectivity index (χ1) is 9.60. The van der Waals surface area contributed by atoms with Crippen LogP contribution in [-0.2, 0) is 11.2 Å². The topological polar surface area (TPSA) is 49.6 Å². The highest BCUT2D eigenvalue weighted by molar-refractivity contribution is 5.85. The van der Waals surface area contributed by atoms with Crippen LogP contribution in [0.25, 0.3) is 0 Å². The van der Waals surface area contributed by atoms with Gasteiger partial charge >= 0.3 is 0 Å². The van der Waals surface area contributed by atoms with Gasteiger partial charge < -0.3 is 15.5 Å². The van der Waals surface area contributed by atoms with Crippen molar-refractivity contribution in [3.63, 3.8) is 0 Å². The molecule has 118 valence electrons. The fourth-order valence-electron chi connectivity index (χ4n) is 2.63. The molecule has 1 aromatic carbocycles. The smallest absolute Gasteiger partial charge is 0.223 e. The molecular formula is C15H23ClFN3O. The molecule has 1 fully saturated rings. The van der Waals surface area contributed by atoms with Crippen LogP contribution in [0.2, 0.25) is 0 Å². The summed E-state index contributed by atoms with van der Waals surface area (Å²) in [5, 5.41) is 0. The molecule has 0 radical (unpaired) electrons. The molecule has 1 aliphatic rings. The van der Waals surface area contributed by atoms with Gasteiger partial charge in [-0.05, 0) is 31.2 Å². The Kier molecular flexibility index (Phi) is 7.08. The first kappa shape index (κ1) is 17.9. The number of aryl methyl sites for hydroxylation is 1. The number of nitrogens with zero attached hydrogens (tertiary/aromatic N) is 2. The van der Waals surface area contributed by atoms with Crippen LogP contribution < -0.4 is 5.73 Å². The summed E-state index contributed by atoms with van der Waals surface area (Å²) >= 11 is 0. The number of halogens is 2. The van der Waals surface area contributed by atoms with Crippen molar-refractivity contribution < 1.29 is 9.18 Å². The second kappa shape index (κ2) is 8.32. The van der Waals surface area contributed by atoms with Crippen molar-refractivity contribution in [2.75, 3.05) is 33.2 Å². The number of benzene rings is 1. The van der Waals surface area contributed by atoms with Crippen molar-refractivity contribution >= 4 is 18.3 Å². The predicted molar refractivity (Wildman–Crippen MR) is 84.0 cm³/mol. The number of hydrogen-bond donors (Lipinski definition) is 1. The van der Waals surface area contributed by atoms with E-state index >= 15 is 0 Å². The van der Waals surface area contributed by atoms with Gasteiger partial charge in [0.2, 0.25) is 5.91 Å². The van der Waals surface area contributed by atoms with Crippen LogP contribution in [0.4, 0.5) is 4.39 Å². The summed E-state index contributed by atoms with van der Waals surface area (Å²) in [4.78, 5) is 16.4. The molecule has 1 atom stereocenters. The van der Waals surface area contributed by atoms with E-state index in [9.17, 15) is 9.18 Å². The first-order valence-electron chi connectivity index (χ1n) is 7.02. The van der Waals surface area contributed by atoms with Gasteiger partial charge in [-0.25, -0.2) is 4.39 Å². The van der Waals surface area contributed by atoms with Gasteiger partial charge in [0.25, 0.3) is 0 Å². The predicted octanol–water partition coefficient (Wildman–Crippen LogP) is 1.28. The summed E-state index contributed by atoms with van der Waals surface area (Å²) < 4.78 is 13.1. The second-order valence-electron chi connectivity index (χ2n) is 5.37. The van der Waals surface area contributed by atoms with Gasteiger partial charge in [-0.3, -0.25) is 4.79 Å². The maximum absolute atomic E-state index is 13.1. The summed E-state index contributed by atoms with van der Waals surface area (Å²) in [5.74, 6) is -0.146. The van der Waals surface area contributed by atoms with Crippen LogP contribution in [0, 0.1) is 5.82 Å². The van der Waals surface area contributed by atoms with E-state index in [0.29, 0.717) is 19.4 Å². The quantitative estimate of drug-likeness (QED) is 0.910. The van der Waals surface area contributed by atoms with Gasteiger partial charge in [-0.2, -0.15) is 0 Å². The molecule has 2 N–H and O–H groups in total. The minimum atomic E-state index is -0.255. The van der Waals surface area contributed by atoms with Crippen LogP contribution >= 0.6 is 12.4 Å². The molecule has 1 amide bonds. The number of piperazine rings is 1. The Morgan fingerprint density at radius 2 is 2.19 bits per heavy atom. The van der Waals surface area contributed by atoms with Crippen LogP contribution in [0.5, 0.6) is 0 Å². The van der Waals surface area contributed by atoms with Crippen LogP contribution in [0.3, 0.4) is 0 Å². The lowest BCUT2D eigenvalue weighted by molar-refractivity contribution is -0.135. The van der Waals surface area contributed by atoms with Gasteiger partial charge in [0.15, 0.2) is 0 Å². The maximum Gasteiger partial charge on any atom is 0.223 e. The molecule has 4 nitrogen and oxygen atoms in total. The molecule has 6 heteroatoms. The third-order valence-corrected chi connectivity index (χ3v) is 3.79. The highest BCUT2D eigenvalue weighted by Gasteiger charge is 2.27. The summed E-state index contributed by atoms with van der Waals surface area (Å²) in [6.07, 6.45) is 0.976. The SMILES string of the molecule is CN1CCN(C(=O)CCc2cccc(F)c2)C(CN)C1.Cl. The molecule has 2 rings (SSSR count). The lowest BCUT2D eigenvalue weighted by atomic mass is 10.1. The van der Waals surface area contributed by atoms with Crippen molar-refractivity contribution in [3.05, 3.63) is 35.6 Å². The zero-order valence-electron chi connectivity index (χ0n) is 12.3. The Balaban J connectivity index is 0.00000220. The van der Waals surface area contributed by atoms with Crippen molar-refractivity contribution in [2.24, 2.45) is 5.73 Å². The molecule has 1 aliphatic heterocycles. The second-order valence-corrected chi connectivity index (χ2v) is 5.37. The molecule has 1 saturated heterocycles. The minimum absolute atomic E-state index is 0. The fourth-order valence-corrected chi connectivity index (χ4v) is 2.63. The number of likely N-dealkylation sites (N-methyl/N-ethyl adjacent to an activating group) is 1. The summed E-state index contributed by atoms with van der Waals surface area (Å²) in [6, 6.07) is 6.51. The van der Waals surface area contributed by atoms with Crippen LogP contribution in [-0.4, -0.2) is 55.0 Å². The van der Waals surface area contributed by atoms with E-state index in [0.717, 1.165) is 25.2 Å². The van der Waals surface area contributed by atoms with E-state index in [2.05, 4.69) is 4.90 Å². The van der Waals surface area contributed by atoms with Gasteiger partial charge in [0.1, 0.15) is 5.82 Å².